The van der Waals surface area contributed by atoms with Crippen LogP contribution in [0.15, 0.2) is 33.2 Å². The van der Waals surface area contributed by atoms with E-state index >= 15 is 0 Å². The molecule has 0 saturated heterocycles. The summed E-state index contributed by atoms with van der Waals surface area (Å²) < 4.78 is 10.8. The lowest BCUT2D eigenvalue weighted by Crippen LogP contribution is -2.03. The molecule has 2 aromatic rings. The highest BCUT2D eigenvalue weighted by Gasteiger charge is 2.11. The van der Waals surface area contributed by atoms with Gasteiger partial charge in [-0.05, 0) is 68.6 Å². The highest BCUT2D eigenvalue weighted by atomic mass is 79.9. The van der Waals surface area contributed by atoms with E-state index in [1.165, 1.54) is 13.2 Å². The van der Waals surface area contributed by atoms with Gasteiger partial charge in [-0.2, -0.15) is 0 Å². The topological polar surface area (TPSA) is 134 Å². The van der Waals surface area contributed by atoms with E-state index in [1.54, 1.807) is 13.0 Å². The molecule has 0 spiro atoms. The van der Waals surface area contributed by atoms with Crippen LogP contribution in [0, 0.1) is 6.92 Å². The number of aryl methyl sites for hydroxylation is 1. The third kappa shape index (κ3) is 6.42. The summed E-state index contributed by atoms with van der Waals surface area (Å²) in [5.74, 6) is -2.31. The third-order valence-corrected chi connectivity index (χ3v) is 4.91. The van der Waals surface area contributed by atoms with E-state index in [9.17, 15) is 9.59 Å². The minimum Gasteiger partial charge on any atom is -0.507 e. The Labute approximate surface area is 171 Å². The molecule has 2 rings (SSSR count). The third-order valence-electron chi connectivity index (χ3n) is 3.08. The van der Waals surface area contributed by atoms with Gasteiger partial charge in [0.05, 0.1) is 15.6 Å². The fraction of sp³-hybridized carbons (Fsp3) is 0.176. The Balaban J connectivity index is 0.000000277. The Morgan fingerprint density at radius 3 is 1.85 bits per heavy atom. The van der Waals surface area contributed by atoms with E-state index < -0.39 is 11.9 Å². The molecule has 0 radical (unpaired) electrons. The molecule has 0 saturated carbocycles. The van der Waals surface area contributed by atoms with E-state index in [0.717, 1.165) is 22.2 Å². The summed E-state index contributed by atoms with van der Waals surface area (Å²) in [5, 5.41) is 35.5. The molecule has 2 aromatic carbocycles. The van der Waals surface area contributed by atoms with Crippen LogP contribution < -0.4 is 4.74 Å². The standard InChI is InChI=1S/C10H11BrO4.C7H5BrO4/c1-6-3-7(10(12)13)4-8(9(6)11)15-5-14-2;8-6-4(9)1-3(7(11)12)2-5(6)10/h3-4H,5H2,1-2H3,(H,12,13);1-2,9-10H,(H,11,12). The lowest BCUT2D eigenvalue weighted by molar-refractivity contribution is 0.0501. The Kier molecular flexibility index (Phi) is 8.54. The average molecular weight is 508 g/mol. The van der Waals surface area contributed by atoms with Gasteiger partial charge in [0.15, 0.2) is 6.79 Å². The van der Waals surface area contributed by atoms with Gasteiger partial charge in [0, 0.05) is 7.11 Å². The van der Waals surface area contributed by atoms with Crippen LogP contribution in [-0.4, -0.2) is 46.3 Å². The van der Waals surface area contributed by atoms with Gasteiger partial charge in [0.2, 0.25) is 0 Å². The van der Waals surface area contributed by atoms with Crippen LogP contribution in [0.25, 0.3) is 0 Å². The van der Waals surface area contributed by atoms with Gasteiger partial charge in [-0.1, -0.05) is 0 Å². The van der Waals surface area contributed by atoms with Crippen LogP contribution in [0.5, 0.6) is 17.2 Å². The zero-order chi connectivity index (χ0) is 20.7. The number of carbonyl (C=O) groups is 2. The molecular formula is C17H16Br2O8. The van der Waals surface area contributed by atoms with Gasteiger partial charge < -0.3 is 29.9 Å². The number of hydrogen-bond acceptors (Lipinski definition) is 6. The first kappa shape index (κ1) is 22.7. The van der Waals surface area contributed by atoms with E-state index in [1.807, 2.05) is 0 Å². The van der Waals surface area contributed by atoms with Crippen LogP contribution in [-0.2, 0) is 4.74 Å². The van der Waals surface area contributed by atoms with Gasteiger partial charge in [-0.25, -0.2) is 9.59 Å². The van der Waals surface area contributed by atoms with Gasteiger partial charge in [-0.15, -0.1) is 0 Å². The number of halogens is 2. The summed E-state index contributed by atoms with van der Waals surface area (Å²) in [6, 6.07) is 5.13. The Morgan fingerprint density at radius 1 is 0.926 bits per heavy atom. The molecule has 146 valence electrons. The molecule has 0 bridgehead atoms. The van der Waals surface area contributed by atoms with Crippen molar-refractivity contribution in [3.05, 3.63) is 49.9 Å². The second-order valence-corrected chi connectivity index (χ2v) is 6.68. The van der Waals surface area contributed by atoms with E-state index in [-0.39, 0.29) is 33.9 Å². The molecule has 4 N–H and O–H groups in total. The number of aromatic hydroxyl groups is 2. The molecule has 0 aromatic heterocycles. The summed E-state index contributed by atoms with van der Waals surface area (Å²) >= 11 is 6.19. The van der Waals surface area contributed by atoms with Crippen LogP contribution in [0.2, 0.25) is 0 Å². The number of methoxy groups -OCH3 is 1. The number of hydrogen-bond donors (Lipinski definition) is 4. The Hall–Kier alpha value is -2.30. The lowest BCUT2D eigenvalue weighted by Gasteiger charge is -2.10. The van der Waals surface area contributed by atoms with Crippen LogP contribution in [0.4, 0.5) is 0 Å². The van der Waals surface area contributed by atoms with Crippen molar-refractivity contribution in [2.75, 3.05) is 13.9 Å². The maximum absolute atomic E-state index is 10.8. The summed E-state index contributed by atoms with van der Waals surface area (Å²) in [7, 11) is 1.50. The minimum atomic E-state index is -1.20. The molecule has 0 aliphatic heterocycles. The smallest absolute Gasteiger partial charge is 0.335 e. The number of carboxylic acids is 2. The van der Waals surface area contributed by atoms with Crippen molar-refractivity contribution in [3.63, 3.8) is 0 Å². The van der Waals surface area contributed by atoms with Gasteiger partial charge in [0.1, 0.15) is 21.7 Å². The van der Waals surface area contributed by atoms with Crippen molar-refractivity contribution < 1.29 is 39.5 Å². The minimum absolute atomic E-state index is 0.0844. The predicted octanol–water partition coefficient (Wildman–Crippen LogP) is 4.00. The summed E-state index contributed by atoms with van der Waals surface area (Å²) in [6.45, 7) is 1.89. The first-order valence-electron chi connectivity index (χ1n) is 7.18. The number of aromatic carboxylic acids is 2. The van der Waals surface area contributed by atoms with Crippen LogP contribution in [0.3, 0.4) is 0 Å². The Morgan fingerprint density at radius 2 is 1.41 bits per heavy atom. The van der Waals surface area contributed by atoms with Crippen molar-refractivity contribution in [1.29, 1.82) is 0 Å². The monoisotopic (exact) mass is 506 g/mol. The van der Waals surface area contributed by atoms with E-state index in [2.05, 4.69) is 31.9 Å². The Bertz CT molecular complexity index is 828. The van der Waals surface area contributed by atoms with Crippen LogP contribution in [0.1, 0.15) is 26.3 Å². The molecule has 0 unspecified atom stereocenters. The van der Waals surface area contributed by atoms with Crippen molar-refractivity contribution in [1.82, 2.24) is 0 Å². The molecule has 0 heterocycles. The maximum atomic E-state index is 10.8. The number of phenolic OH excluding ortho intramolecular Hbond substituents is 2. The molecule has 0 amide bonds. The van der Waals surface area contributed by atoms with Gasteiger partial charge in [0.25, 0.3) is 0 Å². The normalized spacial score (nSPS) is 9.93. The molecule has 0 aliphatic carbocycles. The average Bonchev–Trinajstić information content (AvgIpc) is 2.60. The second kappa shape index (κ2) is 10.1. The summed E-state index contributed by atoms with van der Waals surface area (Å²) in [5.41, 5.74) is 0.844. The molecule has 0 atom stereocenters. The molecule has 10 heteroatoms. The molecule has 0 aliphatic rings. The van der Waals surface area contributed by atoms with Crippen molar-refractivity contribution >= 4 is 43.8 Å². The second-order valence-electron chi connectivity index (χ2n) is 5.09. The largest absolute Gasteiger partial charge is 0.507 e. The highest BCUT2D eigenvalue weighted by Crippen LogP contribution is 2.33. The molecule has 27 heavy (non-hydrogen) atoms. The van der Waals surface area contributed by atoms with E-state index in [4.69, 9.17) is 29.9 Å². The zero-order valence-corrected chi connectivity index (χ0v) is 17.4. The zero-order valence-electron chi connectivity index (χ0n) is 14.2. The lowest BCUT2D eigenvalue weighted by atomic mass is 10.1. The fourth-order valence-corrected chi connectivity index (χ4v) is 2.38. The predicted molar refractivity (Wildman–Crippen MR) is 103 cm³/mol. The first-order chi connectivity index (χ1) is 12.6. The summed E-state index contributed by atoms with van der Waals surface area (Å²) in [6.07, 6.45) is 0. The SMILES string of the molecule is COCOc1cc(C(=O)O)cc(C)c1Br.O=C(O)c1cc(O)c(Br)c(O)c1. The number of rotatable bonds is 5. The first-order valence-corrected chi connectivity index (χ1v) is 8.77. The maximum Gasteiger partial charge on any atom is 0.335 e. The quantitative estimate of drug-likeness (QED) is 0.446. The fourth-order valence-electron chi connectivity index (χ4n) is 1.81. The molecular weight excluding hydrogens is 492 g/mol. The highest BCUT2D eigenvalue weighted by molar-refractivity contribution is 9.11. The van der Waals surface area contributed by atoms with Gasteiger partial charge in [-0.3, -0.25) is 0 Å². The van der Waals surface area contributed by atoms with Crippen LogP contribution >= 0.6 is 31.9 Å². The number of benzene rings is 2. The van der Waals surface area contributed by atoms with Gasteiger partial charge >= 0.3 is 11.9 Å². The number of carboxylic acid groups (broad SMARTS) is 2. The van der Waals surface area contributed by atoms with E-state index in [0.29, 0.717) is 5.75 Å². The summed E-state index contributed by atoms with van der Waals surface area (Å²) in [4.78, 5) is 21.2. The molecule has 0 fully saturated rings. The van der Waals surface area contributed by atoms with Crippen molar-refractivity contribution in [3.8, 4) is 17.2 Å². The number of ether oxygens (including phenoxy) is 2. The van der Waals surface area contributed by atoms with Crippen molar-refractivity contribution in [2.45, 2.75) is 6.92 Å². The van der Waals surface area contributed by atoms with Crippen molar-refractivity contribution in [2.24, 2.45) is 0 Å². The molecule has 8 nitrogen and oxygen atoms in total. The number of phenols is 2.